The number of hydrogen-bond donors (Lipinski definition) is 1. The first-order valence-corrected chi connectivity index (χ1v) is 8.31. The maximum atomic E-state index is 9.60. The van der Waals surface area contributed by atoms with Gasteiger partial charge in [-0.2, -0.15) is 5.26 Å². The minimum Gasteiger partial charge on any atom is -0.496 e. The highest BCUT2D eigenvalue weighted by atomic mass is 32.1. The zero-order valence-electron chi connectivity index (χ0n) is 14.0. The monoisotopic (exact) mass is 352 g/mol. The molecule has 0 spiro atoms. The molecule has 126 valence electrons. The fourth-order valence-electron chi connectivity index (χ4n) is 2.66. The lowest BCUT2D eigenvalue weighted by molar-refractivity contribution is 0.397. The number of thiazole rings is 1. The summed E-state index contributed by atoms with van der Waals surface area (Å²) in [7, 11) is 3.15. The average Bonchev–Trinajstić information content (AvgIpc) is 3.06. The average molecular weight is 352 g/mol. The normalized spacial score (nSPS) is 10.3. The van der Waals surface area contributed by atoms with Gasteiger partial charge in [0.25, 0.3) is 0 Å². The van der Waals surface area contributed by atoms with Crippen LogP contribution in [-0.2, 0) is 0 Å². The van der Waals surface area contributed by atoms with Crippen LogP contribution in [-0.4, -0.2) is 24.2 Å². The van der Waals surface area contributed by atoms with Gasteiger partial charge in [-0.25, -0.2) is 9.97 Å². The first-order valence-electron chi connectivity index (χ1n) is 7.43. The smallest absolute Gasteiger partial charge is 0.142 e. The van der Waals surface area contributed by atoms with Gasteiger partial charge in [-0.1, -0.05) is 6.07 Å². The van der Waals surface area contributed by atoms with Crippen LogP contribution in [0.15, 0.2) is 29.8 Å². The van der Waals surface area contributed by atoms with Gasteiger partial charge < -0.3 is 15.2 Å². The van der Waals surface area contributed by atoms with Gasteiger partial charge in [0.2, 0.25) is 0 Å². The van der Waals surface area contributed by atoms with E-state index in [9.17, 15) is 5.26 Å². The third kappa shape index (κ3) is 2.88. The number of nitrogens with zero attached hydrogens (tertiary/aromatic N) is 3. The Morgan fingerprint density at radius 1 is 1.20 bits per heavy atom. The van der Waals surface area contributed by atoms with Crippen molar-refractivity contribution in [3.8, 4) is 39.3 Å². The van der Waals surface area contributed by atoms with Crippen LogP contribution >= 0.6 is 11.3 Å². The highest BCUT2D eigenvalue weighted by molar-refractivity contribution is 7.13. The molecule has 6 nitrogen and oxygen atoms in total. The Morgan fingerprint density at radius 2 is 1.88 bits per heavy atom. The Balaban J connectivity index is 2.35. The number of nitrogens with two attached hydrogens (primary N) is 1. The highest BCUT2D eigenvalue weighted by Crippen LogP contribution is 2.42. The molecule has 0 aliphatic carbocycles. The largest absolute Gasteiger partial charge is 0.496 e. The summed E-state index contributed by atoms with van der Waals surface area (Å²) in [5.41, 5.74) is 10.9. The van der Waals surface area contributed by atoms with E-state index < -0.39 is 0 Å². The molecule has 0 radical (unpaired) electrons. The quantitative estimate of drug-likeness (QED) is 0.770. The molecule has 2 heterocycles. The molecule has 2 aromatic heterocycles. The van der Waals surface area contributed by atoms with Crippen LogP contribution in [0.2, 0.25) is 0 Å². The van der Waals surface area contributed by atoms with E-state index in [1.165, 1.54) is 11.3 Å². The first kappa shape index (κ1) is 16.7. The molecule has 0 amide bonds. The summed E-state index contributed by atoms with van der Waals surface area (Å²) in [6, 6.07) is 9.42. The third-order valence-corrected chi connectivity index (χ3v) is 4.79. The van der Waals surface area contributed by atoms with E-state index in [0.717, 1.165) is 10.6 Å². The number of rotatable bonds is 4. The number of hydrogen-bond acceptors (Lipinski definition) is 7. The van der Waals surface area contributed by atoms with Gasteiger partial charge in [-0.3, -0.25) is 0 Å². The molecule has 0 aliphatic heterocycles. The molecular formula is C18H16N4O2S. The predicted molar refractivity (Wildman–Crippen MR) is 97.7 cm³/mol. The number of pyridine rings is 1. The summed E-state index contributed by atoms with van der Waals surface area (Å²) in [6.45, 7) is 1.91. The number of methoxy groups -OCH3 is 2. The number of nitrogen functional groups attached to an aromatic ring is 1. The second-order valence-electron chi connectivity index (χ2n) is 5.23. The molecule has 0 atom stereocenters. The van der Waals surface area contributed by atoms with Crippen LogP contribution in [0.1, 0.15) is 11.3 Å². The van der Waals surface area contributed by atoms with E-state index in [2.05, 4.69) is 16.0 Å². The fourth-order valence-corrected chi connectivity index (χ4v) is 3.43. The summed E-state index contributed by atoms with van der Waals surface area (Å²) >= 11 is 1.47. The number of ether oxygens (including phenoxy) is 2. The maximum absolute atomic E-state index is 9.60. The predicted octanol–water partition coefficient (Wildman–Crippen LogP) is 3.65. The van der Waals surface area contributed by atoms with Crippen LogP contribution in [0.5, 0.6) is 11.5 Å². The van der Waals surface area contributed by atoms with Gasteiger partial charge in [0.05, 0.1) is 41.6 Å². The zero-order chi connectivity index (χ0) is 18.0. The van der Waals surface area contributed by atoms with Crippen molar-refractivity contribution >= 4 is 17.2 Å². The van der Waals surface area contributed by atoms with Crippen molar-refractivity contribution in [1.29, 1.82) is 5.26 Å². The van der Waals surface area contributed by atoms with Crippen LogP contribution < -0.4 is 15.2 Å². The Hall–Kier alpha value is -3.11. The van der Waals surface area contributed by atoms with Crippen LogP contribution in [0.3, 0.4) is 0 Å². The molecule has 3 aromatic rings. The van der Waals surface area contributed by atoms with Gasteiger partial charge >= 0.3 is 0 Å². The third-order valence-electron chi connectivity index (χ3n) is 3.83. The Kier molecular flexibility index (Phi) is 4.55. The van der Waals surface area contributed by atoms with Gasteiger partial charge in [-0.15, -0.1) is 11.3 Å². The van der Waals surface area contributed by atoms with Crippen LogP contribution in [0, 0.1) is 18.3 Å². The van der Waals surface area contributed by atoms with Crippen molar-refractivity contribution in [3.63, 3.8) is 0 Å². The van der Waals surface area contributed by atoms with Crippen molar-refractivity contribution in [2.24, 2.45) is 0 Å². The van der Waals surface area contributed by atoms with E-state index in [1.807, 2.05) is 31.2 Å². The molecule has 7 heteroatoms. The lowest BCUT2D eigenvalue weighted by Crippen LogP contribution is -2.01. The molecular weight excluding hydrogens is 336 g/mol. The van der Waals surface area contributed by atoms with Crippen molar-refractivity contribution in [2.75, 3.05) is 20.0 Å². The molecule has 25 heavy (non-hydrogen) atoms. The van der Waals surface area contributed by atoms with Crippen molar-refractivity contribution in [1.82, 2.24) is 9.97 Å². The van der Waals surface area contributed by atoms with Crippen molar-refractivity contribution < 1.29 is 9.47 Å². The molecule has 2 N–H and O–H groups in total. The lowest BCUT2D eigenvalue weighted by Gasteiger charge is -2.16. The summed E-state index contributed by atoms with van der Waals surface area (Å²) < 4.78 is 11.0. The Morgan fingerprint density at radius 3 is 2.40 bits per heavy atom. The number of aryl methyl sites for hydroxylation is 1. The molecule has 0 unspecified atom stereocenters. The van der Waals surface area contributed by atoms with Gasteiger partial charge in [0.15, 0.2) is 0 Å². The Labute approximate surface area is 149 Å². The molecule has 0 bridgehead atoms. The highest BCUT2D eigenvalue weighted by Gasteiger charge is 2.21. The molecule has 1 aromatic carbocycles. The molecule has 3 rings (SSSR count). The van der Waals surface area contributed by atoms with Crippen molar-refractivity contribution in [2.45, 2.75) is 6.92 Å². The molecule has 0 aliphatic rings. The standard InChI is InChI=1S/C18H16N4O2S/c1-10-17(25-9-21-10)13-7-11(12(8-19)18(20)22-13)16-14(23-2)5-4-6-15(16)24-3/h4-7,9H,1-3H3,(H2,20,22). The number of nitriles is 1. The van der Waals surface area contributed by atoms with Gasteiger partial charge in [-0.05, 0) is 25.1 Å². The number of aromatic nitrogens is 2. The van der Waals surface area contributed by atoms with E-state index in [4.69, 9.17) is 15.2 Å². The lowest BCUT2D eigenvalue weighted by atomic mass is 9.98. The second kappa shape index (κ2) is 6.79. The second-order valence-corrected chi connectivity index (χ2v) is 6.09. The van der Waals surface area contributed by atoms with E-state index in [0.29, 0.717) is 28.3 Å². The minimum atomic E-state index is 0.163. The Bertz CT molecular complexity index is 953. The maximum Gasteiger partial charge on any atom is 0.142 e. The van der Waals surface area contributed by atoms with E-state index in [1.54, 1.807) is 19.7 Å². The van der Waals surface area contributed by atoms with Crippen LogP contribution in [0.25, 0.3) is 21.7 Å². The SMILES string of the molecule is COc1cccc(OC)c1-c1cc(-c2scnc2C)nc(N)c1C#N. The van der Waals surface area contributed by atoms with E-state index >= 15 is 0 Å². The summed E-state index contributed by atoms with van der Waals surface area (Å²) in [4.78, 5) is 9.56. The summed E-state index contributed by atoms with van der Waals surface area (Å²) in [6.07, 6.45) is 0. The summed E-state index contributed by atoms with van der Waals surface area (Å²) in [5.74, 6) is 1.35. The van der Waals surface area contributed by atoms with Gasteiger partial charge in [0.1, 0.15) is 28.9 Å². The van der Waals surface area contributed by atoms with Crippen molar-refractivity contribution in [3.05, 3.63) is 41.0 Å². The molecule has 0 fully saturated rings. The summed E-state index contributed by atoms with van der Waals surface area (Å²) in [5, 5.41) is 9.60. The van der Waals surface area contributed by atoms with Crippen LogP contribution in [0.4, 0.5) is 5.82 Å². The zero-order valence-corrected chi connectivity index (χ0v) is 14.8. The van der Waals surface area contributed by atoms with Gasteiger partial charge in [0, 0.05) is 5.56 Å². The topological polar surface area (TPSA) is 94.1 Å². The number of anilines is 1. The minimum absolute atomic E-state index is 0.163. The molecule has 0 saturated heterocycles. The van der Waals surface area contributed by atoms with E-state index in [-0.39, 0.29) is 11.4 Å². The fraction of sp³-hybridized carbons (Fsp3) is 0.167. The number of benzene rings is 1. The molecule has 0 saturated carbocycles. The first-order chi connectivity index (χ1) is 12.1.